The first kappa shape index (κ1) is 12.7. The van der Waals surface area contributed by atoms with E-state index in [1.807, 2.05) is 0 Å². The molecule has 0 bridgehead atoms. The van der Waals surface area contributed by atoms with Crippen LogP contribution in [0.3, 0.4) is 0 Å². The molecule has 1 atom stereocenters. The van der Waals surface area contributed by atoms with E-state index in [0.29, 0.717) is 0 Å². The molecule has 1 heterocycles. The van der Waals surface area contributed by atoms with Gasteiger partial charge < -0.3 is 4.90 Å². The second-order valence-corrected chi connectivity index (χ2v) is 5.77. The van der Waals surface area contributed by atoms with Gasteiger partial charge in [-0.15, -0.1) is 0 Å². The summed E-state index contributed by atoms with van der Waals surface area (Å²) < 4.78 is 0. The molecule has 1 aliphatic heterocycles. The Morgan fingerprint density at radius 3 is 2.63 bits per heavy atom. The zero-order valence-corrected chi connectivity index (χ0v) is 11.6. The standard InChI is InChI=1S/C16H21N3/c1-18-9-11-19(12-10-18)16(13-17)8-4-6-14-5-2-3-7-15(14)16/h2-3,5,7H,4,6,8-12H2,1H3. The smallest absolute Gasteiger partial charge is 0.135 e. The Kier molecular flexibility index (Phi) is 3.30. The van der Waals surface area contributed by atoms with Gasteiger partial charge in [0.1, 0.15) is 5.54 Å². The molecule has 0 spiro atoms. The van der Waals surface area contributed by atoms with Crippen LogP contribution in [0, 0.1) is 11.3 Å². The highest BCUT2D eigenvalue weighted by Gasteiger charge is 2.42. The van der Waals surface area contributed by atoms with Gasteiger partial charge in [0, 0.05) is 26.2 Å². The van der Waals surface area contributed by atoms with Gasteiger partial charge in [0.15, 0.2) is 0 Å². The van der Waals surface area contributed by atoms with Crippen LogP contribution in [-0.2, 0) is 12.0 Å². The maximum atomic E-state index is 9.90. The van der Waals surface area contributed by atoms with Crippen LogP contribution >= 0.6 is 0 Å². The van der Waals surface area contributed by atoms with Crippen LogP contribution in [0.15, 0.2) is 24.3 Å². The first-order chi connectivity index (χ1) is 9.26. The molecule has 1 unspecified atom stereocenters. The molecule has 2 aliphatic rings. The van der Waals surface area contributed by atoms with Crippen molar-refractivity contribution in [3.63, 3.8) is 0 Å². The Morgan fingerprint density at radius 2 is 1.89 bits per heavy atom. The van der Waals surface area contributed by atoms with E-state index in [2.05, 4.69) is 47.2 Å². The van der Waals surface area contributed by atoms with Crippen molar-refractivity contribution in [1.82, 2.24) is 9.80 Å². The highest BCUT2D eigenvalue weighted by atomic mass is 15.3. The Morgan fingerprint density at radius 1 is 1.16 bits per heavy atom. The average Bonchev–Trinajstić information content (AvgIpc) is 2.47. The molecule has 3 rings (SSSR count). The van der Waals surface area contributed by atoms with Crippen molar-refractivity contribution in [3.05, 3.63) is 35.4 Å². The largest absolute Gasteiger partial charge is 0.304 e. The van der Waals surface area contributed by atoms with Crippen molar-refractivity contribution >= 4 is 0 Å². The molecule has 3 heteroatoms. The first-order valence-electron chi connectivity index (χ1n) is 7.19. The number of hydrogen-bond acceptors (Lipinski definition) is 3. The molecule has 1 aromatic carbocycles. The summed E-state index contributed by atoms with van der Waals surface area (Å²) in [7, 11) is 2.16. The monoisotopic (exact) mass is 255 g/mol. The summed E-state index contributed by atoms with van der Waals surface area (Å²) in [6.45, 7) is 4.12. The van der Waals surface area contributed by atoms with Crippen molar-refractivity contribution < 1.29 is 0 Å². The van der Waals surface area contributed by atoms with Crippen LogP contribution in [0.25, 0.3) is 0 Å². The molecule has 3 nitrogen and oxygen atoms in total. The van der Waals surface area contributed by atoms with Gasteiger partial charge in [-0.1, -0.05) is 24.3 Å². The highest BCUT2D eigenvalue weighted by molar-refractivity contribution is 5.41. The van der Waals surface area contributed by atoms with E-state index in [9.17, 15) is 5.26 Å². The summed E-state index contributed by atoms with van der Waals surface area (Å²) in [6, 6.07) is 11.2. The Bertz CT molecular complexity index is 497. The van der Waals surface area contributed by atoms with Crippen LogP contribution in [0.2, 0.25) is 0 Å². The van der Waals surface area contributed by atoms with E-state index in [-0.39, 0.29) is 5.54 Å². The lowest BCUT2D eigenvalue weighted by Gasteiger charge is -2.46. The summed E-state index contributed by atoms with van der Waals surface area (Å²) in [6.07, 6.45) is 3.22. The quantitative estimate of drug-likeness (QED) is 0.769. The second kappa shape index (κ2) is 4.96. The molecule has 0 amide bonds. The Labute approximate surface area is 115 Å². The summed E-state index contributed by atoms with van der Waals surface area (Å²) in [5, 5.41) is 9.90. The first-order valence-corrected chi connectivity index (χ1v) is 7.19. The zero-order valence-electron chi connectivity index (χ0n) is 11.6. The van der Waals surface area contributed by atoms with E-state index in [1.54, 1.807) is 0 Å². The van der Waals surface area contributed by atoms with Crippen LogP contribution in [0.4, 0.5) is 0 Å². The summed E-state index contributed by atoms with van der Waals surface area (Å²) in [4.78, 5) is 4.75. The van der Waals surface area contributed by atoms with Crippen molar-refractivity contribution in [2.24, 2.45) is 0 Å². The topological polar surface area (TPSA) is 30.3 Å². The Balaban J connectivity index is 1.99. The fraction of sp³-hybridized carbons (Fsp3) is 0.562. The summed E-state index contributed by atoms with van der Waals surface area (Å²) in [5.41, 5.74) is 2.25. The van der Waals surface area contributed by atoms with Crippen molar-refractivity contribution in [1.29, 1.82) is 5.26 Å². The number of rotatable bonds is 1. The molecule has 19 heavy (non-hydrogen) atoms. The predicted molar refractivity (Wildman–Crippen MR) is 75.7 cm³/mol. The van der Waals surface area contributed by atoms with Gasteiger partial charge in [-0.3, -0.25) is 4.90 Å². The fourth-order valence-corrected chi connectivity index (χ4v) is 3.51. The number of benzene rings is 1. The molecule has 1 aliphatic carbocycles. The van der Waals surface area contributed by atoms with Crippen LogP contribution in [0.1, 0.15) is 24.0 Å². The second-order valence-electron chi connectivity index (χ2n) is 5.77. The molecule has 0 radical (unpaired) electrons. The van der Waals surface area contributed by atoms with Crippen molar-refractivity contribution in [3.8, 4) is 6.07 Å². The van der Waals surface area contributed by atoms with Gasteiger partial charge in [0.2, 0.25) is 0 Å². The molecule has 0 aromatic heterocycles. The molecule has 100 valence electrons. The van der Waals surface area contributed by atoms with E-state index < -0.39 is 0 Å². The lowest BCUT2D eigenvalue weighted by atomic mass is 9.76. The maximum Gasteiger partial charge on any atom is 0.135 e. The molecule has 1 fully saturated rings. The van der Waals surface area contributed by atoms with Gasteiger partial charge in [0.25, 0.3) is 0 Å². The number of likely N-dealkylation sites (N-methyl/N-ethyl adjacent to an activating group) is 1. The normalized spacial score (nSPS) is 28.6. The maximum absolute atomic E-state index is 9.90. The van der Waals surface area contributed by atoms with Crippen LogP contribution in [-0.4, -0.2) is 43.0 Å². The molecule has 1 saturated heterocycles. The van der Waals surface area contributed by atoms with Crippen LogP contribution < -0.4 is 0 Å². The number of nitriles is 1. The minimum Gasteiger partial charge on any atom is -0.304 e. The van der Waals surface area contributed by atoms with E-state index >= 15 is 0 Å². The van der Waals surface area contributed by atoms with Gasteiger partial charge >= 0.3 is 0 Å². The average molecular weight is 255 g/mol. The molecule has 1 aromatic rings. The van der Waals surface area contributed by atoms with Gasteiger partial charge in [-0.2, -0.15) is 5.26 Å². The highest BCUT2D eigenvalue weighted by Crippen LogP contribution is 2.40. The lowest BCUT2D eigenvalue weighted by Crippen LogP contribution is -2.55. The molecular formula is C16H21N3. The number of aryl methyl sites for hydroxylation is 1. The van der Waals surface area contributed by atoms with E-state index in [4.69, 9.17) is 0 Å². The van der Waals surface area contributed by atoms with Gasteiger partial charge in [0.05, 0.1) is 6.07 Å². The predicted octanol–water partition coefficient (Wildman–Crippen LogP) is 1.99. The van der Waals surface area contributed by atoms with Crippen molar-refractivity contribution in [2.45, 2.75) is 24.8 Å². The molecule has 0 saturated carbocycles. The van der Waals surface area contributed by atoms with E-state index in [0.717, 1.165) is 45.4 Å². The minimum absolute atomic E-state index is 0.379. The van der Waals surface area contributed by atoms with Crippen molar-refractivity contribution in [2.75, 3.05) is 33.2 Å². The number of fused-ring (bicyclic) bond motifs is 1. The lowest BCUT2D eigenvalue weighted by molar-refractivity contribution is 0.0609. The van der Waals surface area contributed by atoms with Crippen LogP contribution in [0.5, 0.6) is 0 Å². The number of nitrogens with zero attached hydrogens (tertiary/aromatic N) is 3. The third kappa shape index (κ3) is 2.05. The molecule has 0 N–H and O–H groups in total. The Hall–Kier alpha value is -1.37. The minimum atomic E-state index is -0.379. The summed E-state index contributed by atoms with van der Waals surface area (Å²) >= 11 is 0. The molecular weight excluding hydrogens is 234 g/mol. The summed E-state index contributed by atoms with van der Waals surface area (Å²) in [5.74, 6) is 0. The van der Waals surface area contributed by atoms with Gasteiger partial charge in [-0.05, 0) is 37.4 Å². The fourth-order valence-electron chi connectivity index (χ4n) is 3.51. The van der Waals surface area contributed by atoms with E-state index in [1.165, 1.54) is 11.1 Å². The third-order valence-electron chi connectivity index (χ3n) is 4.68. The zero-order chi connectivity index (χ0) is 13.3. The number of hydrogen-bond donors (Lipinski definition) is 0. The van der Waals surface area contributed by atoms with Gasteiger partial charge in [-0.25, -0.2) is 0 Å². The SMILES string of the molecule is CN1CCN(C2(C#N)CCCc3ccccc32)CC1. The number of piperazine rings is 1. The third-order valence-corrected chi connectivity index (χ3v) is 4.68.